The Balaban J connectivity index is 1.51. The summed E-state index contributed by atoms with van der Waals surface area (Å²) in [6.07, 6.45) is 11.9. The number of halogens is 1. The number of anilines is 1. The first-order chi connectivity index (χ1) is 16.5. The second kappa shape index (κ2) is 9.46. The number of nitrogens with one attached hydrogen (secondary N) is 1. The summed E-state index contributed by atoms with van der Waals surface area (Å²) in [5.74, 6) is 1.52. The van der Waals surface area contributed by atoms with Gasteiger partial charge in [0.1, 0.15) is 17.0 Å². The van der Waals surface area contributed by atoms with E-state index >= 15 is 0 Å². The van der Waals surface area contributed by atoms with Gasteiger partial charge in [-0.1, -0.05) is 44.2 Å². The highest BCUT2D eigenvalue weighted by atomic mass is 35.5. The quantitative estimate of drug-likeness (QED) is 0.387. The van der Waals surface area contributed by atoms with Gasteiger partial charge in [0.15, 0.2) is 5.65 Å². The first-order valence-electron chi connectivity index (χ1n) is 11.5. The van der Waals surface area contributed by atoms with Gasteiger partial charge < -0.3 is 10.1 Å². The summed E-state index contributed by atoms with van der Waals surface area (Å²) in [5.41, 5.74) is 2.78. The van der Waals surface area contributed by atoms with Crippen LogP contribution in [0.4, 0.5) is 5.69 Å². The molecule has 1 aliphatic carbocycles. The molecule has 176 valence electrons. The minimum absolute atomic E-state index is 0.306. The molecule has 1 amide bonds. The highest BCUT2D eigenvalue weighted by Gasteiger charge is 2.24. The number of benzene rings is 1. The SMILES string of the molecule is COc1ccc(Cl)cc1-c1nn(C[C@H](C)C2CCCC2)cc1NC(=O)c1cnn2cccnc12. The van der Waals surface area contributed by atoms with Crippen LogP contribution in [0, 0.1) is 11.8 Å². The maximum Gasteiger partial charge on any atom is 0.261 e. The number of aromatic nitrogens is 5. The Labute approximate surface area is 202 Å². The average molecular weight is 479 g/mol. The molecule has 3 aromatic heterocycles. The Kier molecular flexibility index (Phi) is 6.24. The second-order valence-corrected chi connectivity index (χ2v) is 9.32. The van der Waals surface area contributed by atoms with Crippen LogP contribution in [-0.2, 0) is 6.54 Å². The van der Waals surface area contributed by atoms with E-state index in [2.05, 4.69) is 22.3 Å². The second-order valence-electron chi connectivity index (χ2n) is 8.88. The largest absolute Gasteiger partial charge is 0.496 e. The number of fused-ring (bicyclic) bond motifs is 1. The normalized spacial score (nSPS) is 15.0. The van der Waals surface area contributed by atoms with Crippen molar-refractivity contribution in [1.82, 2.24) is 24.4 Å². The van der Waals surface area contributed by atoms with Crippen LogP contribution in [-0.4, -0.2) is 37.4 Å². The van der Waals surface area contributed by atoms with Crippen LogP contribution in [0.1, 0.15) is 43.0 Å². The van der Waals surface area contributed by atoms with Crippen LogP contribution >= 0.6 is 11.6 Å². The molecule has 34 heavy (non-hydrogen) atoms. The summed E-state index contributed by atoms with van der Waals surface area (Å²) in [6.45, 7) is 3.05. The van der Waals surface area contributed by atoms with Crippen molar-refractivity contribution in [2.45, 2.75) is 39.2 Å². The summed E-state index contributed by atoms with van der Waals surface area (Å²) in [5, 5.41) is 12.7. The van der Waals surface area contributed by atoms with Crippen molar-refractivity contribution in [3.05, 3.63) is 59.6 Å². The van der Waals surface area contributed by atoms with E-state index in [4.69, 9.17) is 21.4 Å². The van der Waals surface area contributed by atoms with Crippen molar-refractivity contribution in [3.8, 4) is 17.0 Å². The van der Waals surface area contributed by atoms with E-state index in [0.29, 0.717) is 45.2 Å². The highest BCUT2D eigenvalue weighted by Crippen LogP contribution is 2.37. The van der Waals surface area contributed by atoms with Crippen molar-refractivity contribution in [2.75, 3.05) is 12.4 Å². The van der Waals surface area contributed by atoms with Crippen LogP contribution in [0.2, 0.25) is 5.02 Å². The number of amides is 1. The predicted molar refractivity (Wildman–Crippen MR) is 131 cm³/mol. The van der Waals surface area contributed by atoms with Crippen LogP contribution in [0.5, 0.6) is 5.75 Å². The van der Waals surface area contributed by atoms with Crippen molar-refractivity contribution in [3.63, 3.8) is 0 Å². The third-order valence-electron chi connectivity index (χ3n) is 6.63. The van der Waals surface area contributed by atoms with Crippen LogP contribution in [0.25, 0.3) is 16.9 Å². The molecule has 0 saturated heterocycles. The summed E-state index contributed by atoms with van der Waals surface area (Å²) >= 11 is 6.31. The zero-order valence-electron chi connectivity index (χ0n) is 19.2. The molecule has 1 N–H and O–H groups in total. The fourth-order valence-corrected chi connectivity index (χ4v) is 4.99. The average Bonchev–Trinajstić information content (AvgIpc) is 3.59. The van der Waals surface area contributed by atoms with E-state index in [0.717, 1.165) is 12.1 Å². The molecule has 8 nitrogen and oxygen atoms in total. The molecule has 1 aromatic carbocycles. The molecule has 1 atom stereocenters. The highest BCUT2D eigenvalue weighted by molar-refractivity contribution is 6.31. The van der Waals surface area contributed by atoms with E-state index in [9.17, 15) is 4.79 Å². The fraction of sp³-hybridized carbons (Fsp3) is 0.360. The minimum Gasteiger partial charge on any atom is -0.496 e. The molecule has 9 heteroatoms. The van der Waals surface area contributed by atoms with Gasteiger partial charge in [0.05, 0.1) is 19.0 Å². The molecule has 0 unspecified atom stereocenters. The lowest BCUT2D eigenvalue weighted by Crippen LogP contribution is -2.15. The molecule has 4 aromatic rings. The van der Waals surface area contributed by atoms with E-state index in [-0.39, 0.29) is 5.91 Å². The number of methoxy groups -OCH3 is 1. The number of rotatable bonds is 7. The lowest BCUT2D eigenvalue weighted by molar-refractivity contribution is 0.102. The number of carbonyl (C=O) groups excluding carboxylic acids is 1. The molecule has 1 fully saturated rings. The smallest absolute Gasteiger partial charge is 0.261 e. The molecule has 0 bridgehead atoms. The predicted octanol–water partition coefficient (Wildman–Crippen LogP) is 5.33. The molecular formula is C25H27ClN6O2. The molecule has 5 rings (SSSR count). The molecule has 3 heterocycles. The van der Waals surface area contributed by atoms with Crippen LogP contribution in [0.3, 0.4) is 0 Å². The third-order valence-corrected chi connectivity index (χ3v) is 6.87. The van der Waals surface area contributed by atoms with Crippen molar-refractivity contribution in [1.29, 1.82) is 0 Å². The van der Waals surface area contributed by atoms with Gasteiger partial charge in [-0.25, -0.2) is 9.50 Å². The van der Waals surface area contributed by atoms with E-state index in [1.807, 2.05) is 10.9 Å². The van der Waals surface area contributed by atoms with Crippen LogP contribution < -0.4 is 10.1 Å². The van der Waals surface area contributed by atoms with Gasteiger partial charge >= 0.3 is 0 Å². The third kappa shape index (κ3) is 4.37. The number of hydrogen-bond acceptors (Lipinski definition) is 5. The fourth-order valence-electron chi connectivity index (χ4n) is 4.82. The summed E-state index contributed by atoms with van der Waals surface area (Å²) in [6, 6.07) is 7.14. The molecule has 0 radical (unpaired) electrons. The minimum atomic E-state index is -0.306. The Morgan fingerprint density at radius 2 is 2.15 bits per heavy atom. The number of ether oxygens (including phenoxy) is 1. The summed E-state index contributed by atoms with van der Waals surface area (Å²) < 4.78 is 9.06. The Morgan fingerprint density at radius 1 is 1.32 bits per heavy atom. The molecule has 1 saturated carbocycles. The van der Waals surface area contributed by atoms with Gasteiger partial charge in [-0.05, 0) is 36.1 Å². The number of hydrogen-bond donors (Lipinski definition) is 1. The van der Waals surface area contributed by atoms with Crippen LogP contribution in [0.15, 0.2) is 49.1 Å². The van der Waals surface area contributed by atoms with E-state index in [1.165, 1.54) is 31.9 Å². The number of nitrogens with zero attached hydrogens (tertiary/aromatic N) is 5. The Hall–Kier alpha value is -3.39. The summed E-state index contributed by atoms with van der Waals surface area (Å²) in [4.78, 5) is 17.5. The molecule has 1 aliphatic rings. The molecule has 0 spiro atoms. The maximum absolute atomic E-state index is 13.2. The van der Waals surface area contributed by atoms with E-state index in [1.54, 1.807) is 48.3 Å². The molecule has 0 aliphatic heterocycles. The Morgan fingerprint density at radius 3 is 2.94 bits per heavy atom. The standard InChI is InChI=1S/C25H27ClN6O2/c1-16(17-6-3-4-7-17)14-31-15-21(23(30-31)19-12-18(26)8-9-22(19)34-2)29-25(33)20-13-28-32-11-5-10-27-24(20)32/h5,8-13,15-17H,3-4,6-7,14H2,1-2H3,(H,29,33)/t16-/m0/s1. The van der Waals surface area contributed by atoms with Gasteiger partial charge in [-0.15, -0.1) is 0 Å². The first-order valence-corrected chi connectivity index (χ1v) is 11.9. The lowest BCUT2D eigenvalue weighted by atomic mass is 9.93. The monoisotopic (exact) mass is 478 g/mol. The van der Waals surface area contributed by atoms with E-state index < -0.39 is 0 Å². The number of carbonyl (C=O) groups is 1. The van der Waals surface area contributed by atoms with Crippen molar-refractivity contribution < 1.29 is 9.53 Å². The van der Waals surface area contributed by atoms with Gasteiger partial charge in [0, 0.05) is 35.7 Å². The Bertz CT molecular complexity index is 1320. The van der Waals surface area contributed by atoms with Gasteiger partial charge in [0.2, 0.25) is 0 Å². The van der Waals surface area contributed by atoms with Crippen molar-refractivity contribution in [2.24, 2.45) is 11.8 Å². The van der Waals surface area contributed by atoms with Crippen molar-refractivity contribution >= 4 is 28.8 Å². The van der Waals surface area contributed by atoms with Gasteiger partial charge in [-0.2, -0.15) is 10.2 Å². The van der Waals surface area contributed by atoms with Gasteiger partial charge in [-0.3, -0.25) is 9.48 Å². The zero-order valence-corrected chi connectivity index (χ0v) is 20.0. The first kappa shape index (κ1) is 22.4. The zero-order chi connectivity index (χ0) is 23.7. The lowest BCUT2D eigenvalue weighted by Gasteiger charge is -2.18. The van der Waals surface area contributed by atoms with Gasteiger partial charge in [0.25, 0.3) is 5.91 Å². The topological polar surface area (TPSA) is 86.3 Å². The molecular weight excluding hydrogens is 452 g/mol. The summed E-state index contributed by atoms with van der Waals surface area (Å²) in [7, 11) is 1.61. The maximum atomic E-state index is 13.2.